The SMILES string of the molecule is CC(C)CC(CNC(=O)C1CCN(S(=O)(=O)c2cccnc2)CC1)C(=O)O. The second-order valence-corrected chi connectivity index (χ2v) is 9.21. The van der Waals surface area contributed by atoms with Crippen molar-refractivity contribution < 1.29 is 23.1 Å². The lowest BCUT2D eigenvalue weighted by atomic mass is 9.95. The highest BCUT2D eigenvalue weighted by Gasteiger charge is 2.32. The maximum Gasteiger partial charge on any atom is 0.308 e. The van der Waals surface area contributed by atoms with Crippen LogP contribution in [0.5, 0.6) is 0 Å². The Balaban J connectivity index is 1.88. The minimum Gasteiger partial charge on any atom is -0.481 e. The fraction of sp³-hybridized carbons (Fsp3) is 0.611. The van der Waals surface area contributed by atoms with Crippen LogP contribution in [0, 0.1) is 17.8 Å². The summed E-state index contributed by atoms with van der Waals surface area (Å²) in [5, 5.41) is 12.0. The van der Waals surface area contributed by atoms with Gasteiger partial charge in [0.25, 0.3) is 0 Å². The van der Waals surface area contributed by atoms with Gasteiger partial charge in [0.2, 0.25) is 15.9 Å². The minimum atomic E-state index is -3.60. The molecule has 1 aromatic heterocycles. The number of aromatic nitrogens is 1. The molecular weight excluding hydrogens is 370 g/mol. The third kappa shape index (κ3) is 5.74. The average Bonchev–Trinajstić information content (AvgIpc) is 2.65. The Kier molecular flexibility index (Phi) is 7.32. The molecule has 0 spiro atoms. The van der Waals surface area contributed by atoms with Crippen molar-refractivity contribution in [2.75, 3.05) is 19.6 Å². The topological polar surface area (TPSA) is 117 Å². The zero-order chi connectivity index (χ0) is 20.0. The maximum absolute atomic E-state index is 12.6. The number of hydrogen-bond donors (Lipinski definition) is 2. The van der Waals surface area contributed by atoms with Crippen LogP contribution in [0.1, 0.15) is 33.1 Å². The van der Waals surface area contributed by atoms with Crippen molar-refractivity contribution in [3.05, 3.63) is 24.5 Å². The first-order chi connectivity index (χ1) is 12.7. The molecule has 8 nitrogen and oxygen atoms in total. The molecule has 1 aromatic rings. The van der Waals surface area contributed by atoms with E-state index in [9.17, 15) is 23.1 Å². The Morgan fingerprint density at radius 1 is 1.33 bits per heavy atom. The predicted molar refractivity (Wildman–Crippen MR) is 99.3 cm³/mol. The van der Waals surface area contributed by atoms with Crippen molar-refractivity contribution in [2.45, 2.75) is 38.0 Å². The molecule has 0 aromatic carbocycles. The lowest BCUT2D eigenvalue weighted by Gasteiger charge is -2.30. The number of pyridine rings is 1. The summed E-state index contributed by atoms with van der Waals surface area (Å²) in [6, 6.07) is 3.07. The Morgan fingerprint density at radius 3 is 2.52 bits per heavy atom. The van der Waals surface area contributed by atoms with Crippen LogP contribution in [0.2, 0.25) is 0 Å². The number of nitrogens with one attached hydrogen (secondary N) is 1. The van der Waals surface area contributed by atoms with Gasteiger partial charge in [0.05, 0.1) is 5.92 Å². The van der Waals surface area contributed by atoms with Crippen LogP contribution in [-0.2, 0) is 19.6 Å². The molecule has 0 saturated carbocycles. The second-order valence-electron chi connectivity index (χ2n) is 7.28. The molecule has 1 aliphatic rings. The summed E-state index contributed by atoms with van der Waals surface area (Å²) in [5.74, 6) is -1.81. The predicted octanol–water partition coefficient (Wildman–Crippen LogP) is 1.35. The maximum atomic E-state index is 12.6. The number of carbonyl (C=O) groups is 2. The molecule has 1 atom stereocenters. The second kappa shape index (κ2) is 9.27. The largest absolute Gasteiger partial charge is 0.481 e. The summed E-state index contributed by atoms with van der Waals surface area (Å²) in [7, 11) is -3.60. The molecule has 2 N–H and O–H groups in total. The highest BCUT2D eigenvalue weighted by atomic mass is 32.2. The van der Waals surface area contributed by atoms with Crippen molar-refractivity contribution in [1.29, 1.82) is 0 Å². The van der Waals surface area contributed by atoms with E-state index in [0.717, 1.165) is 0 Å². The first-order valence-corrected chi connectivity index (χ1v) is 10.6. The van der Waals surface area contributed by atoms with Gasteiger partial charge in [0, 0.05) is 37.9 Å². The van der Waals surface area contributed by atoms with Gasteiger partial charge >= 0.3 is 5.97 Å². The van der Waals surface area contributed by atoms with Gasteiger partial charge in [-0.2, -0.15) is 4.31 Å². The van der Waals surface area contributed by atoms with Gasteiger partial charge in [-0.1, -0.05) is 13.8 Å². The van der Waals surface area contributed by atoms with Crippen LogP contribution in [0.4, 0.5) is 0 Å². The number of nitrogens with zero attached hydrogens (tertiary/aromatic N) is 2. The summed E-state index contributed by atoms with van der Waals surface area (Å²) >= 11 is 0. The summed E-state index contributed by atoms with van der Waals surface area (Å²) in [5.41, 5.74) is 0. The first-order valence-electron chi connectivity index (χ1n) is 9.12. The Morgan fingerprint density at radius 2 is 2.00 bits per heavy atom. The van der Waals surface area contributed by atoms with Gasteiger partial charge in [-0.25, -0.2) is 8.42 Å². The molecule has 1 amide bonds. The summed E-state index contributed by atoms with van der Waals surface area (Å²) < 4.78 is 26.5. The zero-order valence-corrected chi connectivity index (χ0v) is 16.5. The smallest absolute Gasteiger partial charge is 0.308 e. The van der Waals surface area contributed by atoms with Gasteiger partial charge in [-0.3, -0.25) is 14.6 Å². The quantitative estimate of drug-likeness (QED) is 0.684. The number of carboxylic acids is 1. The highest BCUT2D eigenvalue weighted by Crippen LogP contribution is 2.23. The molecule has 9 heteroatoms. The Hall–Kier alpha value is -2.00. The van der Waals surface area contributed by atoms with Gasteiger partial charge in [-0.05, 0) is 37.3 Å². The molecule has 1 aliphatic heterocycles. The minimum absolute atomic E-state index is 0.0978. The zero-order valence-electron chi connectivity index (χ0n) is 15.7. The molecule has 1 fully saturated rings. The lowest BCUT2D eigenvalue weighted by Crippen LogP contribution is -2.44. The molecule has 0 radical (unpaired) electrons. The fourth-order valence-corrected chi connectivity index (χ4v) is 4.65. The summed E-state index contributed by atoms with van der Waals surface area (Å²) in [6.45, 7) is 4.49. The van der Waals surface area contributed by atoms with E-state index in [1.165, 1.54) is 22.8 Å². The number of sulfonamides is 1. The third-order valence-corrected chi connectivity index (χ3v) is 6.61. The van der Waals surface area contributed by atoms with E-state index in [1.54, 1.807) is 6.07 Å². The van der Waals surface area contributed by atoms with Crippen LogP contribution in [0.15, 0.2) is 29.4 Å². The van der Waals surface area contributed by atoms with Crippen LogP contribution in [-0.4, -0.2) is 54.3 Å². The number of piperidine rings is 1. The van der Waals surface area contributed by atoms with Crippen molar-refractivity contribution in [3.8, 4) is 0 Å². The number of hydrogen-bond acceptors (Lipinski definition) is 5. The molecule has 2 heterocycles. The van der Waals surface area contributed by atoms with Gasteiger partial charge < -0.3 is 10.4 Å². The van der Waals surface area contributed by atoms with Crippen molar-refractivity contribution in [3.63, 3.8) is 0 Å². The van der Waals surface area contributed by atoms with Gasteiger partial charge in [0.1, 0.15) is 4.90 Å². The lowest BCUT2D eigenvalue weighted by molar-refractivity contribution is -0.142. The molecule has 27 heavy (non-hydrogen) atoms. The Bertz CT molecular complexity index is 744. The molecule has 1 unspecified atom stereocenters. The number of carboxylic acid groups (broad SMARTS) is 1. The molecule has 2 rings (SSSR count). The van der Waals surface area contributed by atoms with Gasteiger partial charge in [0.15, 0.2) is 0 Å². The number of aliphatic carboxylic acids is 1. The van der Waals surface area contributed by atoms with Crippen LogP contribution < -0.4 is 5.32 Å². The average molecular weight is 397 g/mol. The molecule has 0 bridgehead atoms. The van der Waals surface area contributed by atoms with E-state index < -0.39 is 21.9 Å². The Labute approximate surface area is 160 Å². The normalized spacial score (nSPS) is 17.6. The molecule has 0 aliphatic carbocycles. The van der Waals surface area contributed by atoms with Crippen LogP contribution in [0.3, 0.4) is 0 Å². The van der Waals surface area contributed by atoms with Crippen molar-refractivity contribution >= 4 is 21.9 Å². The molecular formula is C18H27N3O5S. The monoisotopic (exact) mass is 397 g/mol. The van der Waals surface area contributed by atoms with Crippen molar-refractivity contribution in [1.82, 2.24) is 14.6 Å². The van der Waals surface area contributed by atoms with E-state index in [1.807, 2.05) is 13.8 Å². The number of carbonyl (C=O) groups excluding carboxylic acids is 1. The van der Waals surface area contributed by atoms with E-state index in [4.69, 9.17) is 0 Å². The summed E-state index contributed by atoms with van der Waals surface area (Å²) in [6.07, 6.45) is 4.14. The standard InChI is InChI=1S/C18H27N3O5S/c1-13(2)10-15(18(23)24)11-20-17(22)14-5-8-21(9-6-14)27(25,26)16-4-3-7-19-12-16/h3-4,7,12-15H,5-6,8-11H2,1-2H3,(H,20,22)(H,23,24). The van der Waals surface area contributed by atoms with E-state index in [2.05, 4.69) is 10.3 Å². The van der Waals surface area contributed by atoms with E-state index in [-0.39, 0.29) is 42.3 Å². The van der Waals surface area contributed by atoms with Gasteiger partial charge in [-0.15, -0.1) is 0 Å². The number of amides is 1. The van der Waals surface area contributed by atoms with Crippen molar-refractivity contribution in [2.24, 2.45) is 17.8 Å². The first kappa shape index (κ1) is 21.3. The fourth-order valence-electron chi connectivity index (χ4n) is 3.22. The van der Waals surface area contributed by atoms with Crippen LogP contribution >= 0.6 is 0 Å². The van der Waals surface area contributed by atoms with E-state index >= 15 is 0 Å². The third-order valence-electron chi connectivity index (χ3n) is 4.72. The molecule has 150 valence electrons. The highest BCUT2D eigenvalue weighted by molar-refractivity contribution is 7.89. The number of rotatable bonds is 8. The van der Waals surface area contributed by atoms with E-state index in [0.29, 0.717) is 19.3 Å². The van der Waals surface area contributed by atoms with Crippen LogP contribution in [0.25, 0.3) is 0 Å². The molecule has 1 saturated heterocycles. The summed E-state index contributed by atoms with van der Waals surface area (Å²) in [4.78, 5) is 27.6.